The van der Waals surface area contributed by atoms with Crippen molar-refractivity contribution in [1.29, 1.82) is 0 Å². The van der Waals surface area contributed by atoms with E-state index in [0.29, 0.717) is 6.42 Å². The van der Waals surface area contributed by atoms with E-state index >= 15 is 0 Å². The predicted octanol–water partition coefficient (Wildman–Crippen LogP) is 1.86. The van der Waals surface area contributed by atoms with E-state index in [1.807, 2.05) is 13.8 Å². The zero-order valence-electron chi connectivity index (χ0n) is 13.3. The first-order valence-corrected chi connectivity index (χ1v) is 7.43. The van der Waals surface area contributed by atoms with Gasteiger partial charge in [0.15, 0.2) is 0 Å². The second-order valence-electron chi connectivity index (χ2n) is 7.05. The molecule has 2 atom stereocenters. The van der Waals surface area contributed by atoms with Crippen LogP contribution in [0.2, 0.25) is 0 Å². The third-order valence-electron chi connectivity index (χ3n) is 3.74. The van der Waals surface area contributed by atoms with Crippen LogP contribution in [0.15, 0.2) is 0 Å². The van der Waals surface area contributed by atoms with E-state index in [2.05, 4.69) is 31.0 Å². The fourth-order valence-corrected chi connectivity index (χ4v) is 2.80. The molecule has 0 aromatic carbocycles. The van der Waals surface area contributed by atoms with Gasteiger partial charge in [-0.15, -0.1) is 0 Å². The summed E-state index contributed by atoms with van der Waals surface area (Å²) in [5.41, 5.74) is -0.0741. The van der Waals surface area contributed by atoms with E-state index in [4.69, 9.17) is 0 Å². The van der Waals surface area contributed by atoms with Crippen molar-refractivity contribution in [3.05, 3.63) is 0 Å². The van der Waals surface area contributed by atoms with Gasteiger partial charge in [0.25, 0.3) is 0 Å². The Morgan fingerprint density at radius 2 is 1.95 bits per heavy atom. The van der Waals surface area contributed by atoms with Crippen molar-refractivity contribution >= 4 is 11.9 Å². The summed E-state index contributed by atoms with van der Waals surface area (Å²) < 4.78 is 0. The first-order chi connectivity index (χ1) is 9.12. The summed E-state index contributed by atoms with van der Waals surface area (Å²) in [5, 5.41) is 11.9. The number of carbonyl (C=O) groups is 2. The fraction of sp³-hybridized carbons (Fsp3) is 0.867. The molecule has 0 spiro atoms. The molecule has 116 valence electrons. The minimum atomic E-state index is -0.952. The minimum Gasteiger partial charge on any atom is -0.480 e. The van der Waals surface area contributed by atoms with Crippen LogP contribution in [0.1, 0.15) is 53.9 Å². The third-order valence-corrected chi connectivity index (χ3v) is 3.74. The Kier molecular flexibility index (Phi) is 5.57. The van der Waals surface area contributed by atoms with Crippen LogP contribution in [-0.4, -0.2) is 46.1 Å². The summed E-state index contributed by atoms with van der Waals surface area (Å²) in [6.45, 7) is 11.1. The number of nitrogens with zero attached hydrogens (tertiary/aromatic N) is 1. The van der Waals surface area contributed by atoms with Gasteiger partial charge in [-0.3, -0.25) is 9.69 Å². The summed E-state index contributed by atoms with van der Waals surface area (Å²) in [7, 11) is 0. The van der Waals surface area contributed by atoms with Gasteiger partial charge in [-0.25, -0.2) is 4.79 Å². The van der Waals surface area contributed by atoms with E-state index in [1.54, 1.807) is 0 Å². The summed E-state index contributed by atoms with van der Waals surface area (Å²) in [4.78, 5) is 25.8. The molecule has 1 heterocycles. The van der Waals surface area contributed by atoms with Crippen molar-refractivity contribution in [2.24, 2.45) is 5.92 Å². The maximum atomic E-state index is 12.4. The number of carboxylic acid groups (broad SMARTS) is 1. The first-order valence-electron chi connectivity index (χ1n) is 7.43. The van der Waals surface area contributed by atoms with Crippen molar-refractivity contribution in [3.63, 3.8) is 0 Å². The number of likely N-dealkylation sites (tertiary alicyclic amines) is 1. The van der Waals surface area contributed by atoms with Crippen molar-refractivity contribution in [2.75, 3.05) is 6.54 Å². The molecule has 1 aliphatic rings. The normalized spacial score (nSPS) is 22.0. The lowest BCUT2D eigenvalue weighted by Crippen LogP contribution is -2.54. The number of carbonyl (C=O) groups excluding carboxylic acids is 1. The quantitative estimate of drug-likeness (QED) is 0.808. The molecule has 2 N–H and O–H groups in total. The van der Waals surface area contributed by atoms with Gasteiger partial charge in [-0.05, 0) is 52.5 Å². The smallest absolute Gasteiger partial charge is 0.326 e. The highest BCUT2D eigenvalue weighted by Gasteiger charge is 2.38. The molecule has 1 saturated heterocycles. The Hall–Kier alpha value is -1.10. The molecule has 0 aromatic heterocycles. The van der Waals surface area contributed by atoms with Crippen LogP contribution in [0, 0.1) is 5.92 Å². The first kappa shape index (κ1) is 17.0. The van der Waals surface area contributed by atoms with Gasteiger partial charge >= 0.3 is 5.97 Å². The Labute approximate surface area is 121 Å². The Bertz CT molecular complexity index is 361. The largest absolute Gasteiger partial charge is 0.480 e. The highest BCUT2D eigenvalue weighted by molar-refractivity contribution is 5.87. The number of hydrogen-bond donors (Lipinski definition) is 2. The predicted molar refractivity (Wildman–Crippen MR) is 78.5 cm³/mol. The second kappa shape index (κ2) is 6.57. The summed E-state index contributed by atoms with van der Waals surface area (Å²) in [5.74, 6) is -0.864. The zero-order valence-corrected chi connectivity index (χ0v) is 13.3. The van der Waals surface area contributed by atoms with Gasteiger partial charge in [0.1, 0.15) is 6.04 Å². The van der Waals surface area contributed by atoms with Crippen LogP contribution in [0.4, 0.5) is 0 Å². The maximum Gasteiger partial charge on any atom is 0.326 e. The van der Waals surface area contributed by atoms with Crippen molar-refractivity contribution in [2.45, 2.75) is 71.5 Å². The molecule has 1 amide bonds. The lowest BCUT2D eigenvalue weighted by molar-refractivity contribution is -0.143. The molecule has 5 heteroatoms. The van der Waals surface area contributed by atoms with E-state index in [9.17, 15) is 14.7 Å². The molecular formula is C15H28N2O3. The van der Waals surface area contributed by atoms with Crippen LogP contribution < -0.4 is 5.32 Å². The van der Waals surface area contributed by atoms with E-state index in [0.717, 1.165) is 19.4 Å². The molecule has 1 rings (SSSR count). The Morgan fingerprint density at radius 3 is 2.40 bits per heavy atom. The summed E-state index contributed by atoms with van der Waals surface area (Å²) in [6.07, 6.45) is 2.25. The minimum absolute atomic E-state index is 0.0741. The second-order valence-corrected chi connectivity index (χ2v) is 7.05. The van der Waals surface area contributed by atoms with Crippen LogP contribution in [-0.2, 0) is 9.59 Å². The van der Waals surface area contributed by atoms with Crippen molar-refractivity contribution < 1.29 is 14.7 Å². The van der Waals surface area contributed by atoms with Gasteiger partial charge in [0.05, 0.1) is 6.04 Å². The third kappa shape index (κ3) is 4.47. The number of aliphatic carboxylic acids is 1. The number of carboxylic acids is 1. The average molecular weight is 284 g/mol. The summed E-state index contributed by atoms with van der Waals surface area (Å²) in [6, 6.07) is -0.992. The summed E-state index contributed by atoms with van der Waals surface area (Å²) >= 11 is 0. The lowest BCUT2D eigenvalue weighted by atomic mass is 10.0. The van der Waals surface area contributed by atoms with Crippen LogP contribution in [0.5, 0.6) is 0 Å². The molecule has 0 unspecified atom stereocenters. The fourth-order valence-electron chi connectivity index (χ4n) is 2.80. The number of amides is 1. The molecular weight excluding hydrogens is 256 g/mol. The van der Waals surface area contributed by atoms with Gasteiger partial charge in [-0.1, -0.05) is 13.8 Å². The Balaban J connectivity index is 2.71. The Morgan fingerprint density at radius 1 is 1.35 bits per heavy atom. The monoisotopic (exact) mass is 284 g/mol. The number of nitrogens with one attached hydrogen (secondary N) is 1. The molecule has 5 nitrogen and oxygen atoms in total. The molecule has 0 aromatic rings. The van der Waals surface area contributed by atoms with Crippen LogP contribution in [0.3, 0.4) is 0 Å². The van der Waals surface area contributed by atoms with Crippen molar-refractivity contribution in [1.82, 2.24) is 10.2 Å². The maximum absolute atomic E-state index is 12.4. The topological polar surface area (TPSA) is 69.6 Å². The highest BCUT2D eigenvalue weighted by Crippen LogP contribution is 2.26. The van der Waals surface area contributed by atoms with Crippen LogP contribution in [0.25, 0.3) is 0 Å². The van der Waals surface area contributed by atoms with Crippen molar-refractivity contribution in [3.8, 4) is 0 Å². The van der Waals surface area contributed by atoms with Gasteiger partial charge in [-0.2, -0.15) is 0 Å². The van der Waals surface area contributed by atoms with Crippen LogP contribution >= 0.6 is 0 Å². The molecule has 0 aliphatic carbocycles. The van der Waals surface area contributed by atoms with Gasteiger partial charge in [0.2, 0.25) is 5.91 Å². The highest BCUT2D eigenvalue weighted by atomic mass is 16.4. The van der Waals surface area contributed by atoms with Gasteiger partial charge < -0.3 is 10.4 Å². The number of rotatable bonds is 5. The zero-order chi connectivity index (χ0) is 15.5. The molecule has 1 aliphatic heterocycles. The van der Waals surface area contributed by atoms with E-state index in [1.165, 1.54) is 0 Å². The molecule has 1 fully saturated rings. The number of hydrogen-bond acceptors (Lipinski definition) is 3. The van der Waals surface area contributed by atoms with E-state index < -0.39 is 12.0 Å². The standard InChI is InChI=1S/C15H28N2O3/c1-10(2)9-11(14(19)20)16-13(18)12-7-6-8-17(12)15(3,4)5/h10-12H,6-9H2,1-5H3,(H,16,18)(H,19,20)/t11-,12-/m0/s1. The van der Waals surface area contributed by atoms with Gasteiger partial charge in [0, 0.05) is 5.54 Å². The molecule has 0 bridgehead atoms. The molecule has 0 saturated carbocycles. The molecule has 0 radical (unpaired) electrons. The SMILES string of the molecule is CC(C)C[C@H](NC(=O)[C@@H]1CCCN1C(C)(C)C)C(=O)O. The van der Waals surface area contributed by atoms with E-state index in [-0.39, 0.29) is 23.4 Å². The molecule has 20 heavy (non-hydrogen) atoms. The average Bonchev–Trinajstić information content (AvgIpc) is 2.75. The lowest BCUT2D eigenvalue weighted by Gasteiger charge is -2.36.